The van der Waals surface area contributed by atoms with Gasteiger partial charge in [0.05, 0.1) is 6.04 Å². The lowest BCUT2D eigenvalue weighted by atomic mass is 10.1. The molecular formula is C18H15FN2OS. The second kappa shape index (κ2) is 6.71. The van der Waals surface area contributed by atoms with E-state index in [2.05, 4.69) is 10.3 Å². The lowest BCUT2D eigenvalue weighted by Gasteiger charge is -2.13. The molecule has 1 aromatic heterocycles. The molecule has 0 saturated heterocycles. The van der Waals surface area contributed by atoms with Crippen molar-refractivity contribution in [2.75, 3.05) is 0 Å². The van der Waals surface area contributed by atoms with Crippen LogP contribution in [-0.2, 0) is 0 Å². The Bertz CT molecular complexity index is 799. The van der Waals surface area contributed by atoms with Crippen LogP contribution in [0.4, 0.5) is 4.39 Å². The van der Waals surface area contributed by atoms with Crippen molar-refractivity contribution >= 4 is 17.2 Å². The molecule has 0 bridgehead atoms. The fourth-order valence-electron chi connectivity index (χ4n) is 2.20. The van der Waals surface area contributed by atoms with E-state index < -0.39 is 0 Å². The van der Waals surface area contributed by atoms with Crippen molar-refractivity contribution in [2.45, 2.75) is 13.0 Å². The molecule has 1 unspecified atom stereocenters. The first-order valence-electron chi connectivity index (χ1n) is 7.21. The zero-order valence-corrected chi connectivity index (χ0v) is 13.3. The summed E-state index contributed by atoms with van der Waals surface area (Å²) in [5, 5.41) is 5.43. The van der Waals surface area contributed by atoms with Crippen molar-refractivity contribution in [2.24, 2.45) is 0 Å². The van der Waals surface area contributed by atoms with Crippen LogP contribution < -0.4 is 5.32 Å². The number of amides is 1. The van der Waals surface area contributed by atoms with Gasteiger partial charge < -0.3 is 5.32 Å². The molecule has 1 amide bonds. The number of benzene rings is 2. The summed E-state index contributed by atoms with van der Waals surface area (Å²) in [7, 11) is 0. The maximum Gasteiger partial charge on any atom is 0.271 e. The largest absolute Gasteiger partial charge is 0.344 e. The average molecular weight is 326 g/mol. The molecule has 3 nitrogen and oxygen atoms in total. The van der Waals surface area contributed by atoms with Gasteiger partial charge in [0.1, 0.15) is 16.5 Å². The van der Waals surface area contributed by atoms with Crippen LogP contribution in [0.15, 0.2) is 60.0 Å². The van der Waals surface area contributed by atoms with Gasteiger partial charge in [0.15, 0.2) is 0 Å². The highest BCUT2D eigenvalue weighted by Crippen LogP contribution is 2.23. The first-order chi connectivity index (χ1) is 11.1. The van der Waals surface area contributed by atoms with Crippen LogP contribution in [0.25, 0.3) is 10.6 Å². The summed E-state index contributed by atoms with van der Waals surface area (Å²) in [5.74, 6) is -0.528. The molecule has 23 heavy (non-hydrogen) atoms. The van der Waals surface area contributed by atoms with Crippen molar-refractivity contribution < 1.29 is 9.18 Å². The van der Waals surface area contributed by atoms with Gasteiger partial charge in [-0.05, 0) is 24.6 Å². The summed E-state index contributed by atoms with van der Waals surface area (Å²) in [6, 6.07) is 15.6. The number of nitrogens with zero attached hydrogens (tertiary/aromatic N) is 1. The van der Waals surface area contributed by atoms with Crippen LogP contribution in [0.2, 0.25) is 0 Å². The molecule has 1 atom stereocenters. The van der Waals surface area contributed by atoms with Gasteiger partial charge in [0, 0.05) is 10.9 Å². The van der Waals surface area contributed by atoms with Crippen molar-refractivity contribution in [1.29, 1.82) is 0 Å². The monoisotopic (exact) mass is 326 g/mol. The quantitative estimate of drug-likeness (QED) is 0.770. The highest BCUT2D eigenvalue weighted by atomic mass is 32.1. The molecule has 0 aliphatic heterocycles. The Balaban J connectivity index is 1.71. The summed E-state index contributed by atoms with van der Waals surface area (Å²) in [6.07, 6.45) is 0. The average Bonchev–Trinajstić information content (AvgIpc) is 3.06. The van der Waals surface area contributed by atoms with Crippen LogP contribution in [0.1, 0.15) is 29.0 Å². The molecule has 0 radical (unpaired) electrons. The van der Waals surface area contributed by atoms with E-state index in [9.17, 15) is 9.18 Å². The molecule has 5 heteroatoms. The van der Waals surface area contributed by atoms with E-state index in [1.165, 1.54) is 23.5 Å². The molecule has 0 saturated carbocycles. The van der Waals surface area contributed by atoms with Gasteiger partial charge in [0.2, 0.25) is 0 Å². The molecule has 0 fully saturated rings. The maximum atomic E-state index is 12.9. The summed E-state index contributed by atoms with van der Waals surface area (Å²) in [6.45, 7) is 1.86. The van der Waals surface area contributed by atoms with E-state index >= 15 is 0 Å². The van der Waals surface area contributed by atoms with Gasteiger partial charge in [-0.3, -0.25) is 4.79 Å². The Hall–Kier alpha value is -2.53. The highest BCUT2D eigenvalue weighted by Gasteiger charge is 2.15. The zero-order valence-electron chi connectivity index (χ0n) is 12.5. The van der Waals surface area contributed by atoms with Crippen LogP contribution in [0.5, 0.6) is 0 Å². The third-order valence-corrected chi connectivity index (χ3v) is 4.37. The van der Waals surface area contributed by atoms with Crippen molar-refractivity contribution in [1.82, 2.24) is 10.3 Å². The van der Waals surface area contributed by atoms with Crippen molar-refractivity contribution in [3.05, 3.63) is 77.1 Å². The predicted molar refractivity (Wildman–Crippen MR) is 89.8 cm³/mol. The third kappa shape index (κ3) is 3.63. The van der Waals surface area contributed by atoms with Crippen molar-refractivity contribution in [3.63, 3.8) is 0 Å². The standard InChI is InChI=1S/C18H15FN2OS/c1-12(13-7-9-15(19)10-8-13)20-17(22)16-11-23-18(21-16)14-5-3-2-4-6-14/h2-12H,1H3,(H,20,22). The molecule has 1 N–H and O–H groups in total. The molecule has 116 valence electrons. The molecule has 2 aromatic carbocycles. The molecule has 0 spiro atoms. The number of rotatable bonds is 4. The topological polar surface area (TPSA) is 42.0 Å². The van der Waals surface area contributed by atoms with E-state index in [1.54, 1.807) is 17.5 Å². The number of aromatic nitrogens is 1. The maximum absolute atomic E-state index is 12.9. The normalized spacial score (nSPS) is 11.9. The van der Waals surface area contributed by atoms with Gasteiger partial charge in [-0.15, -0.1) is 11.3 Å². The van der Waals surface area contributed by atoms with Gasteiger partial charge in [-0.25, -0.2) is 9.37 Å². The molecule has 3 rings (SSSR count). The number of carbonyl (C=O) groups excluding carboxylic acids is 1. The molecular weight excluding hydrogens is 311 g/mol. The summed E-state index contributed by atoms with van der Waals surface area (Å²) in [5.41, 5.74) is 2.23. The predicted octanol–water partition coefficient (Wildman–Crippen LogP) is 4.44. The Morgan fingerprint density at radius 1 is 1.13 bits per heavy atom. The number of carbonyl (C=O) groups is 1. The lowest BCUT2D eigenvalue weighted by Crippen LogP contribution is -2.26. The fourth-order valence-corrected chi connectivity index (χ4v) is 3.00. The van der Waals surface area contributed by atoms with E-state index in [0.717, 1.165) is 16.1 Å². The van der Waals surface area contributed by atoms with Crippen LogP contribution in [-0.4, -0.2) is 10.9 Å². The number of hydrogen-bond donors (Lipinski definition) is 1. The Kier molecular flexibility index (Phi) is 4.48. The zero-order chi connectivity index (χ0) is 16.2. The SMILES string of the molecule is CC(NC(=O)c1csc(-c2ccccc2)n1)c1ccc(F)cc1. The second-order valence-electron chi connectivity index (χ2n) is 5.15. The van der Waals surface area contributed by atoms with Crippen molar-refractivity contribution in [3.8, 4) is 10.6 Å². The van der Waals surface area contributed by atoms with Crippen LogP contribution in [0.3, 0.4) is 0 Å². The summed E-state index contributed by atoms with van der Waals surface area (Å²) < 4.78 is 12.9. The molecule has 0 aliphatic rings. The fraction of sp³-hybridized carbons (Fsp3) is 0.111. The Labute approximate surface area is 137 Å². The number of hydrogen-bond acceptors (Lipinski definition) is 3. The van der Waals surface area contributed by atoms with Gasteiger partial charge in [0.25, 0.3) is 5.91 Å². The van der Waals surface area contributed by atoms with E-state index in [0.29, 0.717) is 5.69 Å². The second-order valence-corrected chi connectivity index (χ2v) is 6.01. The van der Waals surface area contributed by atoms with E-state index in [1.807, 2.05) is 37.3 Å². The minimum atomic E-state index is -0.292. The van der Waals surface area contributed by atoms with Crippen LogP contribution >= 0.6 is 11.3 Å². The number of nitrogens with one attached hydrogen (secondary N) is 1. The van der Waals surface area contributed by atoms with E-state index in [-0.39, 0.29) is 17.8 Å². The Morgan fingerprint density at radius 3 is 2.52 bits per heavy atom. The molecule has 0 aliphatic carbocycles. The summed E-state index contributed by atoms with van der Waals surface area (Å²) >= 11 is 1.43. The first kappa shape index (κ1) is 15.4. The Morgan fingerprint density at radius 2 is 1.83 bits per heavy atom. The number of thiazole rings is 1. The lowest BCUT2D eigenvalue weighted by molar-refractivity contribution is 0.0935. The van der Waals surface area contributed by atoms with Crippen LogP contribution in [0, 0.1) is 5.82 Å². The molecule has 3 aromatic rings. The number of halogens is 1. The molecule has 1 heterocycles. The van der Waals surface area contributed by atoms with Gasteiger partial charge in [-0.2, -0.15) is 0 Å². The van der Waals surface area contributed by atoms with Gasteiger partial charge in [-0.1, -0.05) is 42.5 Å². The smallest absolute Gasteiger partial charge is 0.271 e. The summed E-state index contributed by atoms with van der Waals surface area (Å²) in [4.78, 5) is 16.7. The minimum absolute atomic E-state index is 0.218. The minimum Gasteiger partial charge on any atom is -0.344 e. The first-order valence-corrected chi connectivity index (χ1v) is 8.09. The third-order valence-electron chi connectivity index (χ3n) is 3.48. The highest BCUT2D eigenvalue weighted by molar-refractivity contribution is 7.13. The van der Waals surface area contributed by atoms with Gasteiger partial charge >= 0.3 is 0 Å². The van der Waals surface area contributed by atoms with E-state index in [4.69, 9.17) is 0 Å².